The average Bonchev–Trinajstić information content (AvgIpc) is 2.57. The summed E-state index contributed by atoms with van der Waals surface area (Å²) in [4.78, 5) is 0. The Kier molecular flexibility index (Phi) is 4.30. The Hall–Kier alpha value is -2.74. The van der Waals surface area contributed by atoms with Crippen LogP contribution in [0.2, 0.25) is 0 Å². The quantitative estimate of drug-likeness (QED) is 0.601. The molecule has 0 fully saturated rings. The van der Waals surface area contributed by atoms with Crippen molar-refractivity contribution in [3.8, 4) is 33.8 Å². The largest absolute Gasteiger partial charge is 0.508 e. The molecule has 0 saturated heterocycles. The summed E-state index contributed by atoms with van der Waals surface area (Å²) in [6.45, 7) is 8.27. The predicted molar refractivity (Wildman–Crippen MR) is 104 cm³/mol. The smallest absolute Gasteiger partial charge is 0.122 e. The number of hydrogen-bond acceptors (Lipinski definition) is 2. The summed E-state index contributed by atoms with van der Waals surface area (Å²) >= 11 is 0. The normalized spacial score (nSPS) is 11.5. The van der Waals surface area contributed by atoms with Crippen LogP contribution in [0.1, 0.15) is 31.9 Å². The molecular weight excluding hydrogens is 308 g/mol. The summed E-state index contributed by atoms with van der Waals surface area (Å²) in [5.74, 6) is 0.659. The molecule has 3 aromatic rings. The Bertz CT molecular complexity index is 883. The number of aryl methyl sites for hydroxylation is 1. The first-order valence-corrected chi connectivity index (χ1v) is 8.49. The van der Waals surface area contributed by atoms with Gasteiger partial charge in [0.15, 0.2) is 0 Å². The summed E-state index contributed by atoms with van der Waals surface area (Å²) in [6.07, 6.45) is 0. The summed E-state index contributed by atoms with van der Waals surface area (Å²) in [5.41, 5.74) is 6.15. The standard InChI is InChI=1S/C23H24O2/c1-15-13-19(14-21(22(15)25)23(2,3)4)18-7-5-16(6-8-18)17-9-11-20(24)12-10-17/h5-14,24-25H,1-4H3. The highest BCUT2D eigenvalue weighted by molar-refractivity contribution is 5.72. The van der Waals surface area contributed by atoms with Crippen LogP contribution in [0.25, 0.3) is 22.3 Å². The highest BCUT2D eigenvalue weighted by Gasteiger charge is 2.20. The minimum absolute atomic E-state index is 0.114. The Morgan fingerprint density at radius 3 is 1.56 bits per heavy atom. The second-order valence-corrected chi connectivity index (χ2v) is 7.56. The van der Waals surface area contributed by atoms with Crippen LogP contribution in [-0.2, 0) is 5.41 Å². The molecule has 2 N–H and O–H groups in total. The molecular formula is C23H24O2. The number of phenols is 2. The minimum atomic E-state index is -0.114. The van der Waals surface area contributed by atoms with Gasteiger partial charge in [-0.25, -0.2) is 0 Å². The topological polar surface area (TPSA) is 40.5 Å². The monoisotopic (exact) mass is 332 g/mol. The molecule has 2 nitrogen and oxygen atoms in total. The first-order chi connectivity index (χ1) is 11.8. The van der Waals surface area contributed by atoms with Gasteiger partial charge in [-0.3, -0.25) is 0 Å². The maximum Gasteiger partial charge on any atom is 0.122 e. The van der Waals surface area contributed by atoms with Gasteiger partial charge in [-0.15, -0.1) is 0 Å². The van der Waals surface area contributed by atoms with Crippen molar-refractivity contribution in [1.29, 1.82) is 0 Å². The number of phenolic OH excluding ortho intramolecular Hbond substituents is 2. The second-order valence-electron chi connectivity index (χ2n) is 7.56. The van der Waals surface area contributed by atoms with Gasteiger partial charge in [-0.05, 0) is 64.4 Å². The van der Waals surface area contributed by atoms with Gasteiger partial charge < -0.3 is 10.2 Å². The Labute approximate surface area is 149 Å². The van der Waals surface area contributed by atoms with E-state index >= 15 is 0 Å². The molecule has 0 amide bonds. The lowest BCUT2D eigenvalue weighted by molar-refractivity contribution is 0.443. The van der Waals surface area contributed by atoms with E-state index in [4.69, 9.17) is 0 Å². The zero-order valence-corrected chi connectivity index (χ0v) is 15.2. The first-order valence-electron chi connectivity index (χ1n) is 8.49. The third-order valence-corrected chi connectivity index (χ3v) is 4.53. The molecule has 0 saturated carbocycles. The van der Waals surface area contributed by atoms with Crippen molar-refractivity contribution in [2.45, 2.75) is 33.1 Å². The minimum Gasteiger partial charge on any atom is -0.508 e. The molecule has 0 radical (unpaired) electrons. The van der Waals surface area contributed by atoms with Crippen molar-refractivity contribution >= 4 is 0 Å². The van der Waals surface area contributed by atoms with Crippen LogP contribution < -0.4 is 0 Å². The molecule has 0 spiro atoms. The summed E-state index contributed by atoms with van der Waals surface area (Å²) < 4.78 is 0. The maximum atomic E-state index is 10.4. The van der Waals surface area contributed by atoms with E-state index in [0.29, 0.717) is 5.75 Å². The maximum absolute atomic E-state index is 10.4. The van der Waals surface area contributed by atoms with Crippen molar-refractivity contribution in [2.24, 2.45) is 0 Å². The van der Waals surface area contributed by atoms with E-state index in [1.54, 1.807) is 12.1 Å². The van der Waals surface area contributed by atoms with Gasteiger partial charge in [-0.2, -0.15) is 0 Å². The first kappa shape index (κ1) is 17.1. The van der Waals surface area contributed by atoms with Gasteiger partial charge in [0.05, 0.1) is 0 Å². The zero-order chi connectivity index (χ0) is 18.2. The van der Waals surface area contributed by atoms with Crippen LogP contribution in [0, 0.1) is 6.92 Å². The molecule has 25 heavy (non-hydrogen) atoms. The Morgan fingerprint density at radius 2 is 1.08 bits per heavy atom. The molecule has 0 bridgehead atoms. The lowest BCUT2D eigenvalue weighted by atomic mass is 9.83. The molecule has 3 rings (SSSR count). The molecule has 0 atom stereocenters. The van der Waals surface area contributed by atoms with E-state index in [-0.39, 0.29) is 11.2 Å². The molecule has 128 valence electrons. The fourth-order valence-corrected chi connectivity index (χ4v) is 3.03. The summed E-state index contributed by atoms with van der Waals surface area (Å²) in [7, 11) is 0. The van der Waals surface area contributed by atoms with Gasteiger partial charge in [0.1, 0.15) is 11.5 Å². The molecule has 2 heteroatoms. The van der Waals surface area contributed by atoms with Gasteiger partial charge in [0.2, 0.25) is 0 Å². The van der Waals surface area contributed by atoms with E-state index in [1.807, 2.05) is 25.1 Å². The fraction of sp³-hybridized carbons (Fsp3) is 0.217. The van der Waals surface area contributed by atoms with E-state index in [1.165, 1.54) is 0 Å². The van der Waals surface area contributed by atoms with Crippen LogP contribution >= 0.6 is 0 Å². The van der Waals surface area contributed by atoms with Crippen molar-refractivity contribution in [3.63, 3.8) is 0 Å². The predicted octanol–water partition coefficient (Wildman–Crippen LogP) is 6.04. The van der Waals surface area contributed by atoms with Crippen molar-refractivity contribution < 1.29 is 10.2 Å². The third kappa shape index (κ3) is 3.53. The lowest BCUT2D eigenvalue weighted by Crippen LogP contribution is -2.12. The highest BCUT2D eigenvalue weighted by Crippen LogP contribution is 2.37. The Morgan fingerprint density at radius 1 is 0.640 bits per heavy atom. The van der Waals surface area contributed by atoms with Gasteiger partial charge in [0, 0.05) is 5.56 Å². The molecule has 0 aliphatic carbocycles. The van der Waals surface area contributed by atoms with Crippen molar-refractivity contribution in [3.05, 3.63) is 71.8 Å². The molecule has 0 aliphatic rings. The molecule has 0 aromatic heterocycles. The average molecular weight is 332 g/mol. The van der Waals surface area contributed by atoms with Crippen LogP contribution in [0.4, 0.5) is 0 Å². The summed E-state index contributed by atoms with van der Waals surface area (Å²) in [5, 5.41) is 19.8. The lowest BCUT2D eigenvalue weighted by Gasteiger charge is -2.23. The number of rotatable bonds is 2. The number of hydrogen-bond donors (Lipinski definition) is 2. The van der Waals surface area contributed by atoms with Crippen LogP contribution in [0.5, 0.6) is 11.5 Å². The fourth-order valence-electron chi connectivity index (χ4n) is 3.03. The van der Waals surface area contributed by atoms with Crippen molar-refractivity contribution in [2.75, 3.05) is 0 Å². The highest BCUT2D eigenvalue weighted by atomic mass is 16.3. The van der Waals surface area contributed by atoms with Gasteiger partial charge in [-0.1, -0.05) is 57.2 Å². The van der Waals surface area contributed by atoms with Crippen LogP contribution in [-0.4, -0.2) is 10.2 Å². The SMILES string of the molecule is Cc1cc(-c2ccc(-c3ccc(O)cc3)cc2)cc(C(C)(C)C)c1O. The molecule has 3 aromatic carbocycles. The second kappa shape index (κ2) is 6.29. The third-order valence-electron chi connectivity index (χ3n) is 4.53. The molecule has 0 heterocycles. The van der Waals surface area contributed by atoms with E-state index in [0.717, 1.165) is 33.4 Å². The van der Waals surface area contributed by atoms with Gasteiger partial charge in [0.25, 0.3) is 0 Å². The van der Waals surface area contributed by atoms with E-state index in [2.05, 4.69) is 51.1 Å². The van der Waals surface area contributed by atoms with Crippen molar-refractivity contribution in [1.82, 2.24) is 0 Å². The van der Waals surface area contributed by atoms with Crippen LogP contribution in [0.15, 0.2) is 60.7 Å². The number of benzene rings is 3. The van der Waals surface area contributed by atoms with E-state index < -0.39 is 0 Å². The van der Waals surface area contributed by atoms with Crippen LogP contribution in [0.3, 0.4) is 0 Å². The molecule has 0 aliphatic heterocycles. The van der Waals surface area contributed by atoms with Gasteiger partial charge >= 0.3 is 0 Å². The van der Waals surface area contributed by atoms with E-state index in [9.17, 15) is 10.2 Å². The zero-order valence-electron chi connectivity index (χ0n) is 15.2. The summed E-state index contributed by atoms with van der Waals surface area (Å²) in [6, 6.07) is 19.7. The number of aromatic hydroxyl groups is 2. The Balaban J connectivity index is 2.00. The molecule has 0 unspecified atom stereocenters.